The van der Waals surface area contributed by atoms with Crippen molar-refractivity contribution in [1.82, 2.24) is 0 Å². The summed E-state index contributed by atoms with van der Waals surface area (Å²) in [4.78, 5) is 23.5. The van der Waals surface area contributed by atoms with E-state index in [0.717, 1.165) is 5.56 Å². The molecule has 0 bridgehead atoms. The first kappa shape index (κ1) is 15.4. The Morgan fingerprint density at radius 1 is 1.17 bits per heavy atom. The van der Waals surface area contributed by atoms with Crippen LogP contribution in [0.25, 0.3) is 0 Å². The van der Waals surface area contributed by atoms with Gasteiger partial charge in [0, 0.05) is 10.7 Å². The largest absolute Gasteiger partial charge is 0.480 e. The van der Waals surface area contributed by atoms with Gasteiger partial charge >= 0.3 is 11.9 Å². The van der Waals surface area contributed by atoms with E-state index >= 15 is 0 Å². The lowest BCUT2D eigenvalue weighted by Crippen LogP contribution is -2.33. The molecule has 0 radical (unpaired) electrons. The van der Waals surface area contributed by atoms with Crippen molar-refractivity contribution < 1.29 is 19.4 Å². The highest BCUT2D eigenvalue weighted by atomic mass is 35.5. The number of halogens is 1. The number of carbonyl (C=O) groups excluding carboxylic acids is 1. The van der Waals surface area contributed by atoms with E-state index in [2.05, 4.69) is 5.32 Å². The fourth-order valence-corrected chi connectivity index (χ4v) is 2.84. The van der Waals surface area contributed by atoms with Gasteiger partial charge in [-0.1, -0.05) is 35.9 Å². The minimum Gasteiger partial charge on any atom is -0.480 e. The standard InChI is InChI=1S/C17H14ClNO4/c18-11-6-7-12-13(15(16(20)21)19-14(12)8-11)9-23-17(22)10-4-2-1-3-5-10/h1-8,13,15,19H,9H2,(H,20,21)/t13-,15-/m1/s1. The molecule has 2 atom stereocenters. The van der Waals surface area contributed by atoms with Crippen molar-refractivity contribution in [1.29, 1.82) is 0 Å². The van der Waals surface area contributed by atoms with Gasteiger partial charge in [-0.3, -0.25) is 0 Å². The summed E-state index contributed by atoms with van der Waals surface area (Å²) in [5, 5.41) is 12.8. The molecule has 0 saturated carbocycles. The molecule has 2 aromatic carbocycles. The van der Waals surface area contributed by atoms with E-state index in [9.17, 15) is 14.7 Å². The molecule has 0 saturated heterocycles. The van der Waals surface area contributed by atoms with E-state index in [1.165, 1.54) is 0 Å². The summed E-state index contributed by atoms with van der Waals surface area (Å²) < 4.78 is 5.30. The van der Waals surface area contributed by atoms with Gasteiger partial charge in [0.05, 0.1) is 11.5 Å². The summed E-state index contributed by atoms with van der Waals surface area (Å²) >= 11 is 5.93. The minimum absolute atomic E-state index is 0.0215. The molecule has 0 fully saturated rings. The van der Waals surface area contributed by atoms with Crippen molar-refractivity contribution in [3.8, 4) is 0 Å². The molecule has 6 heteroatoms. The Kier molecular flexibility index (Phi) is 4.21. The molecule has 0 aliphatic carbocycles. The van der Waals surface area contributed by atoms with Crippen LogP contribution in [-0.2, 0) is 9.53 Å². The quantitative estimate of drug-likeness (QED) is 0.842. The van der Waals surface area contributed by atoms with Gasteiger partial charge < -0.3 is 15.2 Å². The lowest BCUT2D eigenvalue weighted by atomic mass is 9.96. The maximum atomic E-state index is 12.0. The van der Waals surface area contributed by atoms with Crippen LogP contribution in [0.2, 0.25) is 5.02 Å². The highest BCUT2D eigenvalue weighted by Gasteiger charge is 2.38. The number of carboxylic acids is 1. The van der Waals surface area contributed by atoms with Gasteiger partial charge in [0.25, 0.3) is 0 Å². The van der Waals surface area contributed by atoms with Crippen molar-refractivity contribution in [3.05, 3.63) is 64.7 Å². The lowest BCUT2D eigenvalue weighted by Gasteiger charge is -2.16. The molecule has 0 amide bonds. The molecule has 0 unspecified atom stereocenters. The van der Waals surface area contributed by atoms with E-state index in [1.807, 2.05) is 0 Å². The number of ether oxygens (including phenoxy) is 1. The molecular weight excluding hydrogens is 318 g/mol. The number of rotatable bonds is 4. The van der Waals surface area contributed by atoms with E-state index in [0.29, 0.717) is 16.3 Å². The number of carbonyl (C=O) groups is 2. The highest BCUT2D eigenvalue weighted by Crippen LogP contribution is 2.38. The first-order chi connectivity index (χ1) is 11.1. The van der Waals surface area contributed by atoms with Crippen LogP contribution in [0, 0.1) is 0 Å². The number of carboxylic acid groups (broad SMARTS) is 1. The Balaban J connectivity index is 1.78. The zero-order valence-corrected chi connectivity index (χ0v) is 12.8. The summed E-state index contributed by atoms with van der Waals surface area (Å²) in [6, 6.07) is 12.9. The predicted molar refractivity (Wildman–Crippen MR) is 86.0 cm³/mol. The molecule has 1 heterocycles. The second-order valence-corrected chi connectivity index (χ2v) is 5.70. The highest BCUT2D eigenvalue weighted by molar-refractivity contribution is 6.30. The van der Waals surface area contributed by atoms with Crippen molar-refractivity contribution >= 4 is 29.2 Å². The molecule has 118 valence electrons. The normalized spacial score (nSPS) is 18.8. The number of esters is 1. The van der Waals surface area contributed by atoms with Gasteiger partial charge in [0.2, 0.25) is 0 Å². The Morgan fingerprint density at radius 3 is 2.61 bits per heavy atom. The van der Waals surface area contributed by atoms with Crippen molar-refractivity contribution in [2.75, 3.05) is 11.9 Å². The van der Waals surface area contributed by atoms with Crippen LogP contribution in [0.3, 0.4) is 0 Å². The maximum Gasteiger partial charge on any atom is 0.338 e. The minimum atomic E-state index is -1.00. The topological polar surface area (TPSA) is 75.6 Å². The fourth-order valence-electron chi connectivity index (χ4n) is 2.67. The van der Waals surface area contributed by atoms with Crippen LogP contribution in [-0.4, -0.2) is 29.7 Å². The molecular formula is C17H14ClNO4. The van der Waals surface area contributed by atoms with E-state index in [-0.39, 0.29) is 6.61 Å². The summed E-state index contributed by atoms with van der Waals surface area (Å²) in [5.41, 5.74) is 1.87. The third kappa shape index (κ3) is 3.14. The smallest absolute Gasteiger partial charge is 0.338 e. The number of hydrogen-bond acceptors (Lipinski definition) is 4. The third-order valence-corrected chi connectivity index (χ3v) is 4.03. The Morgan fingerprint density at radius 2 is 1.91 bits per heavy atom. The van der Waals surface area contributed by atoms with Crippen LogP contribution in [0.1, 0.15) is 21.8 Å². The molecule has 0 aromatic heterocycles. The summed E-state index contributed by atoms with van der Waals surface area (Å²) in [6.07, 6.45) is 0. The summed E-state index contributed by atoms with van der Waals surface area (Å²) in [6.45, 7) is -0.0215. The fraction of sp³-hybridized carbons (Fsp3) is 0.176. The van der Waals surface area contributed by atoms with Crippen LogP contribution < -0.4 is 5.32 Å². The van der Waals surface area contributed by atoms with Crippen LogP contribution in [0.5, 0.6) is 0 Å². The lowest BCUT2D eigenvalue weighted by molar-refractivity contribution is -0.138. The summed E-state index contributed by atoms with van der Waals surface area (Å²) in [7, 11) is 0. The van der Waals surface area contributed by atoms with E-state index in [1.54, 1.807) is 48.5 Å². The first-order valence-electron chi connectivity index (χ1n) is 7.07. The average molecular weight is 332 g/mol. The van der Waals surface area contributed by atoms with Gasteiger partial charge in [-0.15, -0.1) is 0 Å². The number of fused-ring (bicyclic) bond motifs is 1. The van der Waals surface area contributed by atoms with Gasteiger partial charge in [-0.25, -0.2) is 9.59 Å². The summed E-state index contributed by atoms with van der Waals surface area (Å²) in [5.74, 6) is -1.94. The molecule has 2 aromatic rings. The zero-order valence-electron chi connectivity index (χ0n) is 12.0. The predicted octanol–water partition coefficient (Wildman–Crippen LogP) is 3.16. The molecule has 2 N–H and O–H groups in total. The number of nitrogens with one attached hydrogen (secondary N) is 1. The van der Waals surface area contributed by atoms with Gasteiger partial charge in [0.15, 0.2) is 0 Å². The maximum absolute atomic E-state index is 12.0. The van der Waals surface area contributed by atoms with Gasteiger partial charge in [-0.2, -0.15) is 0 Å². The molecule has 0 spiro atoms. The first-order valence-corrected chi connectivity index (χ1v) is 7.45. The molecule has 23 heavy (non-hydrogen) atoms. The second kappa shape index (κ2) is 6.30. The SMILES string of the molecule is O=C(OC[C@@H]1c2ccc(Cl)cc2N[C@H]1C(=O)O)c1ccccc1. The van der Waals surface area contributed by atoms with Gasteiger partial charge in [0.1, 0.15) is 12.6 Å². The number of anilines is 1. The van der Waals surface area contributed by atoms with Crippen LogP contribution in [0.4, 0.5) is 5.69 Å². The Bertz CT molecular complexity index is 748. The Hall–Kier alpha value is -2.53. The number of benzene rings is 2. The van der Waals surface area contributed by atoms with Crippen molar-refractivity contribution in [3.63, 3.8) is 0 Å². The molecule has 1 aliphatic heterocycles. The van der Waals surface area contributed by atoms with Crippen molar-refractivity contribution in [2.24, 2.45) is 0 Å². The third-order valence-electron chi connectivity index (χ3n) is 3.80. The van der Waals surface area contributed by atoms with Crippen LogP contribution >= 0.6 is 11.6 Å². The van der Waals surface area contributed by atoms with Crippen molar-refractivity contribution in [2.45, 2.75) is 12.0 Å². The second-order valence-electron chi connectivity index (χ2n) is 5.26. The van der Waals surface area contributed by atoms with E-state index in [4.69, 9.17) is 16.3 Å². The monoisotopic (exact) mass is 331 g/mol. The Labute approximate surface area is 137 Å². The molecule has 1 aliphatic rings. The zero-order chi connectivity index (χ0) is 16.4. The molecule has 3 rings (SSSR count). The van der Waals surface area contributed by atoms with Crippen LogP contribution in [0.15, 0.2) is 48.5 Å². The van der Waals surface area contributed by atoms with Gasteiger partial charge in [-0.05, 0) is 29.8 Å². The molecule has 5 nitrogen and oxygen atoms in total. The number of hydrogen-bond donors (Lipinski definition) is 2. The number of aliphatic carboxylic acids is 1. The van der Waals surface area contributed by atoms with E-state index < -0.39 is 23.9 Å². The average Bonchev–Trinajstić information content (AvgIpc) is 2.91.